The van der Waals surface area contributed by atoms with E-state index in [9.17, 15) is 18.8 Å². The summed E-state index contributed by atoms with van der Waals surface area (Å²) in [4.78, 5) is 45.1. The number of halogens is 1. The van der Waals surface area contributed by atoms with Crippen molar-refractivity contribution in [1.29, 1.82) is 0 Å². The zero-order valence-corrected chi connectivity index (χ0v) is 22.3. The zero-order valence-electron chi connectivity index (χ0n) is 22.3. The second-order valence-electron chi connectivity index (χ2n) is 9.61. The van der Waals surface area contributed by atoms with E-state index in [0.717, 1.165) is 5.69 Å². The van der Waals surface area contributed by atoms with Gasteiger partial charge in [-0.1, -0.05) is 0 Å². The summed E-state index contributed by atoms with van der Waals surface area (Å²) in [6.07, 6.45) is 0. The molecule has 0 radical (unpaired) electrons. The van der Waals surface area contributed by atoms with Crippen LogP contribution in [0.4, 0.5) is 15.8 Å². The Kier molecular flexibility index (Phi) is 8.26. The molecule has 2 saturated heterocycles. The van der Waals surface area contributed by atoms with Gasteiger partial charge in [-0.2, -0.15) is 0 Å². The number of amides is 3. The molecule has 3 amide bonds. The normalized spacial score (nSPS) is 15.5. The summed E-state index contributed by atoms with van der Waals surface area (Å²) in [5, 5.41) is 2.82. The van der Waals surface area contributed by atoms with Crippen molar-refractivity contribution in [1.82, 2.24) is 9.80 Å². The fraction of sp³-hybridized carbons (Fsp3) is 0.300. The van der Waals surface area contributed by atoms with E-state index in [2.05, 4.69) is 10.2 Å². The molecule has 0 saturated carbocycles. The lowest BCUT2D eigenvalue weighted by Gasteiger charge is -2.37. The van der Waals surface area contributed by atoms with Gasteiger partial charge in [0.2, 0.25) is 0 Å². The lowest BCUT2D eigenvalue weighted by molar-refractivity contribution is 0.0303. The molecule has 0 spiro atoms. The fourth-order valence-electron chi connectivity index (χ4n) is 4.87. The quantitative estimate of drug-likeness (QED) is 0.509. The smallest absolute Gasteiger partial charge is 0.256 e. The summed E-state index contributed by atoms with van der Waals surface area (Å²) in [6.45, 7) is 3.99. The number of piperazine rings is 1. The van der Waals surface area contributed by atoms with Gasteiger partial charge >= 0.3 is 0 Å². The molecule has 3 aromatic carbocycles. The van der Waals surface area contributed by atoms with E-state index in [0.29, 0.717) is 80.6 Å². The molecule has 40 heavy (non-hydrogen) atoms. The first-order chi connectivity index (χ1) is 19.4. The number of anilines is 2. The largest absolute Gasteiger partial charge is 0.497 e. The number of rotatable bonds is 6. The van der Waals surface area contributed by atoms with Gasteiger partial charge in [0, 0.05) is 61.8 Å². The van der Waals surface area contributed by atoms with E-state index in [1.165, 1.54) is 24.3 Å². The monoisotopic (exact) mass is 546 g/mol. The first kappa shape index (κ1) is 27.1. The molecule has 1 N–H and O–H groups in total. The maximum absolute atomic E-state index is 13.6. The molecule has 0 atom stereocenters. The SMILES string of the molecule is COc1ccc(C(=O)N2CCN(c3ccc(NC(=O)c4ccc(F)cc4)cc3C(=O)N3CCOCC3)CC2)cc1. The average molecular weight is 547 g/mol. The number of carbonyl (C=O) groups excluding carboxylic acids is 3. The Balaban J connectivity index is 1.34. The Hall–Kier alpha value is -4.44. The second kappa shape index (κ2) is 12.2. The minimum atomic E-state index is -0.426. The minimum absolute atomic E-state index is 0.0502. The summed E-state index contributed by atoms with van der Waals surface area (Å²) < 4.78 is 23.9. The molecule has 2 fully saturated rings. The molecule has 3 aromatic rings. The highest BCUT2D eigenvalue weighted by atomic mass is 19.1. The fourth-order valence-corrected chi connectivity index (χ4v) is 4.87. The molecular weight excluding hydrogens is 515 g/mol. The van der Waals surface area contributed by atoms with Gasteiger partial charge in [-0.3, -0.25) is 14.4 Å². The number of carbonyl (C=O) groups is 3. The third-order valence-electron chi connectivity index (χ3n) is 7.13. The highest BCUT2D eigenvalue weighted by molar-refractivity contribution is 6.06. The number of morpholine rings is 1. The van der Waals surface area contributed by atoms with Crippen molar-refractivity contribution < 1.29 is 28.2 Å². The van der Waals surface area contributed by atoms with E-state index in [1.54, 1.807) is 53.3 Å². The number of hydrogen-bond donors (Lipinski definition) is 1. The number of hydrogen-bond acceptors (Lipinski definition) is 6. The van der Waals surface area contributed by atoms with Crippen LogP contribution in [0.2, 0.25) is 0 Å². The van der Waals surface area contributed by atoms with Gasteiger partial charge in [0.25, 0.3) is 17.7 Å². The van der Waals surface area contributed by atoms with Gasteiger partial charge in [0.1, 0.15) is 11.6 Å². The molecule has 0 bridgehead atoms. The number of nitrogens with one attached hydrogen (secondary N) is 1. The molecule has 0 aliphatic carbocycles. The van der Waals surface area contributed by atoms with Crippen LogP contribution >= 0.6 is 0 Å². The van der Waals surface area contributed by atoms with Crippen molar-refractivity contribution in [2.45, 2.75) is 0 Å². The Morgan fingerprint density at radius 2 is 1.40 bits per heavy atom. The third kappa shape index (κ3) is 6.07. The summed E-state index contributed by atoms with van der Waals surface area (Å²) in [6, 6.07) is 17.6. The van der Waals surface area contributed by atoms with Crippen LogP contribution in [0.25, 0.3) is 0 Å². The molecule has 0 aromatic heterocycles. The molecule has 2 aliphatic rings. The Bertz CT molecular complexity index is 1370. The van der Waals surface area contributed by atoms with Crippen molar-refractivity contribution in [3.05, 3.63) is 89.2 Å². The third-order valence-corrected chi connectivity index (χ3v) is 7.13. The first-order valence-corrected chi connectivity index (χ1v) is 13.2. The van der Waals surface area contributed by atoms with Crippen molar-refractivity contribution in [3.8, 4) is 5.75 Å². The maximum atomic E-state index is 13.6. The maximum Gasteiger partial charge on any atom is 0.256 e. The molecule has 2 aliphatic heterocycles. The number of ether oxygens (including phenoxy) is 2. The molecule has 2 heterocycles. The Morgan fingerprint density at radius 1 is 0.775 bits per heavy atom. The standard InChI is InChI=1S/C30H31FN4O5/c1-39-25-9-4-22(5-10-25)29(37)34-14-12-33(13-15-34)27-11-8-24(32-28(36)21-2-6-23(31)7-3-21)20-26(27)30(38)35-16-18-40-19-17-35/h2-11,20H,12-19H2,1H3,(H,32,36). The minimum Gasteiger partial charge on any atom is -0.497 e. The molecule has 208 valence electrons. The van der Waals surface area contributed by atoms with Crippen molar-refractivity contribution in [3.63, 3.8) is 0 Å². The highest BCUT2D eigenvalue weighted by Gasteiger charge is 2.28. The lowest BCUT2D eigenvalue weighted by atomic mass is 10.1. The highest BCUT2D eigenvalue weighted by Crippen LogP contribution is 2.28. The number of benzene rings is 3. The molecule has 0 unspecified atom stereocenters. The second-order valence-corrected chi connectivity index (χ2v) is 9.61. The molecule has 10 heteroatoms. The molecule has 9 nitrogen and oxygen atoms in total. The Morgan fingerprint density at radius 3 is 2.05 bits per heavy atom. The van der Waals surface area contributed by atoms with E-state index >= 15 is 0 Å². The van der Waals surface area contributed by atoms with E-state index in [1.807, 2.05) is 6.07 Å². The van der Waals surface area contributed by atoms with E-state index < -0.39 is 11.7 Å². The summed E-state index contributed by atoms with van der Waals surface area (Å²) >= 11 is 0. The lowest BCUT2D eigenvalue weighted by Crippen LogP contribution is -2.49. The molecule has 5 rings (SSSR count). The van der Waals surface area contributed by atoms with Crippen LogP contribution < -0.4 is 15.0 Å². The summed E-state index contributed by atoms with van der Waals surface area (Å²) in [5.74, 6) is -0.330. The van der Waals surface area contributed by atoms with E-state index in [4.69, 9.17) is 9.47 Å². The predicted octanol–water partition coefficient (Wildman–Crippen LogP) is 3.52. The average Bonchev–Trinajstić information content (AvgIpc) is 3.01. The predicted molar refractivity (Wildman–Crippen MR) is 149 cm³/mol. The van der Waals surface area contributed by atoms with Crippen LogP contribution in [0.3, 0.4) is 0 Å². The van der Waals surface area contributed by atoms with Gasteiger partial charge in [0.15, 0.2) is 0 Å². The summed E-state index contributed by atoms with van der Waals surface area (Å²) in [7, 11) is 1.58. The van der Waals surface area contributed by atoms with Gasteiger partial charge in [-0.15, -0.1) is 0 Å². The van der Waals surface area contributed by atoms with Crippen molar-refractivity contribution >= 4 is 29.1 Å². The van der Waals surface area contributed by atoms with Gasteiger partial charge in [-0.05, 0) is 66.7 Å². The van der Waals surface area contributed by atoms with Crippen LogP contribution in [-0.2, 0) is 4.74 Å². The van der Waals surface area contributed by atoms with Crippen LogP contribution in [0.15, 0.2) is 66.7 Å². The first-order valence-electron chi connectivity index (χ1n) is 13.2. The van der Waals surface area contributed by atoms with Crippen molar-refractivity contribution in [2.75, 3.05) is 69.8 Å². The topological polar surface area (TPSA) is 91.4 Å². The number of nitrogens with zero attached hydrogens (tertiary/aromatic N) is 3. The zero-order chi connectivity index (χ0) is 28.1. The van der Waals surface area contributed by atoms with Crippen LogP contribution in [0.5, 0.6) is 5.75 Å². The van der Waals surface area contributed by atoms with Crippen LogP contribution in [-0.4, -0.2) is 87.1 Å². The van der Waals surface area contributed by atoms with Crippen LogP contribution in [0.1, 0.15) is 31.1 Å². The van der Waals surface area contributed by atoms with Crippen molar-refractivity contribution in [2.24, 2.45) is 0 Å². The number of methoxy groups -OCH3 is 1. The molecular formula is C30H31FN4O5. The van der Waals surface area contributed by atoms with E-state index in [-0.39, 0.29) is 11.8 Å². The van der Waals surface area contributed by atoms with Gasteiger partial charge in [0.05, 0.1) is 25.9 Å². The van der Waals surface area contributed by atoms with Gasteiger partial charge < -0.3 is 29.5 Å². The summed E-state index contributed by atoms with van der Waals surface area (Å²) in [5.41, 5.74) is 2.58. The Labute approximate surface area is 232 Å². The van der Waals surface area contributed by atoms with Crippen LogP contribution in [0, 0.1) is 5.82 Å². The van der Waals surface area contributed by atoms with Gasteiger partial charge in [-0.25, -0.2) is 4.39 Å².